The van der Waals surface area contributed by atoms with E-state index in [4.69, 9.17) is 5.11 Å². The molecule has 1 aromatic rings. The van der Waals surface area contributed by atoms with Crippen molar-refractivity contribution in [1.29, 1.82) is 0 Å². The van der Waals surface area contributed by atoms with Crippen molar-refractivity contribution in [3.8, 4) is 0 Å². The van der Waals surface area contributed by atoms with Crippen LogP contribution in [0.1, 0.15) is 38.1 Å². The van der Waals surface area contributed by atoms with Gasteiger partial charge < -0.3 is 15.7 Å². The highest BCUT2D eigenvalue weighted by molar-refractivity contribution is 5.77. The lowest BCUT2D eigenvalue weighted by atomic mass is 10.0. The minimum atomic E-state index is -0.867. The first-order valence-corrected chi connectivity index (χ1v) is 6.11. The molecule has 1 fully saturated rings. The van der Waals surface area contributed by atoms with Gasteiger partial charge in [-0.1, -0.05) is 11.6 Å². The van der Waals surface area contributed by atoms with E-state index in [0.717, 1.165) is 6.42 Å². The number of nitrogens with one attached hydrogen (secondary N) is 3. The minimum Gasteiger partial charge on any atom is -0.481 e. The molecule has 1 aliphatic rings. The maximum atomic E-state index is 11.8. The Morgan fingerprint density at radius 2 is 2.26 bits per heavy atom. The molecular formula is C10H16N6O3. The summed E-state index contributed by atoms with van der Waals surface area (Å²) < 4.78 is 0. The molecule has 0 spiro atoms. The second-order valence-corrected chi connectivity index (χ2v) is 4.59. The second kappa shape index (κ2) is 5.63. The summed E-state index contributed by atoms with van der Waals surface area (Å²) in [7, 11) is 0. The van der Waals surface area contributed by atoms with E-state index in [9.17, 15) is 9.59 Å². The topological polar surface area (TPSA) is 133 Å². The Morgan fingerprint density at radius 3 is 2.89 bits per heavy atom. The predicted octanol–water partition coefficient (Wildman–Crippen LogP) is -0.187. The fourth-order valence-electron chi connectivity index (χ4n) is 2.25. The number of rotatable bonds is 4. The number of carbonyl (C=O) groups excluding carboxylic acids is 1. The van der Waals surface area contributed by atoms with Crippen LogP contribution in [0.5, 0.6) is 0 Å². The number of carboxylic acids is 1. The summed E-state index contributed by atoms with van der Waals surface area (Å²) in [6.07, 6.45) is 2.09. The zero-order valence-corrected chi connectivity index (χ0v) is 10.5. The third-order valence-corrected chi connectivity index (χ3v) is 3.25. The number of aliphatic carboxylic acids is 1. The van der Waals surface area contributed by atoms with Crippen LogP contribution in [0.15, 0.2) is 0 Å². The lowest BCUT2D eigenvalue weighted by molar-refractivity contribution is -0.142. The Morgan fingerprint density at radius 1 is 1.47 bits per heavy atom. The fraction of sp³-hybridized carbons (Fsp3) is 0.700. The van der Waals surface area contributed by atoms with Crippen molar-refractivity contribution in [1.82, 2.24) is 31.3 Å². The van der Waals surface area contributed by atoms with Gasteiger partial charge in [-0.3, -0.25) is 4.79 Å². The summed E-state index contributed by atoms with van der Waals surface area (Å²) in [5.41, 5.74) is 0. The van der Waals surface area contributed by atoms with Gasteiger partial charge in [-0.2, -0.15) is 5.21 Å². The molecular weight excluding hydrogens is 252 g/mol. The van der Waals surface area contributed by atoms with E-state index in [-0.39, 0.29) is 6.04 Å². The zero-order chi connectivity index (χ0) is 13.8. The molecule has 19 heavy (non-hydrogen) atoms. The summed E-state index contributed by atoms with van der Waals surface area (Å²) in [5, 5.41) is 27.6. The van der Waals surface area contributed by atoms with Gasteiger partial charge in [0.2, 0.25) is 0 Å². The number of urea groups is 1. The van der Waals surface area contributed by atoms with Crippen molar-refractivity contribution in [3.63, 3.8) is 0 Å². The second-order valence-electron chi connectivity index (χ2n) is 4.59. The van der Waals surface area contributed by atoms with Crippen LogP contribution in [-0.4, -0.2) is 43.8 Å². The van der Waals surface area contributed by atoms with Crippen LogP contribution >= 0.6 is 0 Å². The maximum absolute atomic E-state index is 11.8. The number of carboxylic acid groups (broad SMARTS) is 1. The molecule has 3 unspecified atom stereocenters. The largest absolute Gasteiger partial charge is 0.481 e. The highest BCUT2D eigenvalue weighted by Gasteiger charge is 2.34. The first-order valence-electron chi connectivity index (χ1n) is 6.11. The molecule has 0 saturated heterocycles. The summed E-state index contributed by atoms with van der Waals surface area (Å²) >= 11 is 0. The molecule has 2 amide bonds. The van der Waals surface area contributed by atoms with Crippen molar-refractivity contribution in [2.24, 2.45) is 5.92 Å². The summed E-state index contributed by atoms with van der Waals surface area (Å²) in [6, 6.07) is -1.14. The van der Waals surface area contributed by atoms with Crippen LogP contribution in [0.2, 0.25) is 0 Å². The molecule has 0 aliphatic heterocycles. The van der Waals surface area contributed by atoms with Gasteiger partial charge in [0.25, 0.3) is 0 Å². The Balaban J connectivity index is 1.86. The molecule has 0 bridgehead atoms. The number of hydrogen-bond donors (Lipinski definition) is 4. The summed E-state index contributed by atoms with van der Waals surface area (Å²) in [5.74, 6) is -1.00. The average molecular weight is 268 g/mol. The zero-order valence-electron chi connectivity index (χ0n) is 10.5. The predicted molar refractivity (Wildman–Crippen MR) is 63.0 cm³/mol. The summed E-state index contributed by atoms with van der Waals surface area (Å²) in [4.78, 5) is 22.8. The monoisotopic (exact) mass is 268 g/mol. The van der Waals surface area contributed by atoms with E-state index in [1.165, 1.54) is 0 Å². The molecule has 104 valence electrons. The van der Waals surface area contributed by atoms with Crippen LogP contribution in [0.3, 0.4) is 0 Å². The van der Waals surface area contributed by atoms with Gasteiger partial charge in [-0.25, -0.2) is 4.79 Å². The van der Waals surface area contributed by atoms with Gasteiger partial charge in [0.1, 0.15) is 0 Å². The average Bonchev–Trinajstić information content (AvgIpc) is 2.98. The molecule has 4 N–H and O–H groups in total. The number of aromatic amines is 1. The molecule has 3 atom stereocenters. The number of amides is 2. The molecule has 0 aromatic carbocycles. The Labute approximate surface area is 109 Å². The lowest BCUT2D eigenvalue weighted by Crippen LogP contribution is -2.46. The third kappa shape index (κ3) is 3.18. The smallest absolute Gasteiger partial charge is 0.315 e. The lowest BCUT2D eigenvalue weighted by Gasteiger charge is -2.19. The van der Waals surface area contributed by atoms with Crippen molar-refractivity contribution in [2.45, 2.75) is 38.3 Å². The number of hydrogen-bond acceptors (Lipinski definition) is 5. The number of nitrogens with zero attached hydrogens (tertiary/aromatic N) is 3. The highest BCUT2D eigenvalue weighted by atomic mass is 16.4. The molecule has 9 heteroatoms. The van der Waals surface area contributed by atoms with E-state index in [0.29, 0.717) is 18.7 Å². The first-order chi connectivity index (χ1) is 9.08. The van der Waals surface area contributed by atoms with Gasteiger partial charge in [0.05, 0.1) is 12.0 Å². The maximum Gasteiger partial charge on any atom is 0.315 e. The van der Waals surface area contributed by atoms with E-state index < -0.39 is 24.0 Å². The van der Waals surface area contributed by atoms with Gasteiger partial charge in [-0.05, 0) is 19.8 Å². The van der Waals surface area contributed by atoms with Crippen molar-refractivity contribution >= 4 is 12.0 Å². The minimum absolute atomic E-state index is 0.324. The molecule has 1 saturated carbocycles. The van der Waals surface area contributed by atoms with Crippen molar-refractivity contribution in [3.05, 3.63) is 5.82 Å². The standard InChI is InChI=1S/C10H16N6O3/c1-5(8-13-15-16-14-8)11-10(19)12-7-4-2-3-6(7)9(17)18/h5-7H,2-4H2,1H3,(H,17,18)(H2,11,12,19)(H,13,14,15,16). The Hall–Kier alpha value is -2.19. The van der Waals surface area contributed by atoms with E-state index in [1.807, 2.05) is 0 Å². The van der Waals surface area contributed by atoms with Gasteiger partial charge in [0, 0.05) is 6.04 Å². The van der Waals surface area contributed by atoms with E-state index in [2.05, 4.69) is 31.3 Å². The SMILES string of the molecule is CC(NC(=O)NC1CCCC1C(=O)O)c1nn[nH]n1. The molecule has 2 rings (SSSR count). The highest BCUT2D eigenvalue weighted by Crippen LogP contribution is 2.25. The van der Waals surface area contributed by atoms with Crippen molar-refractivity contribution < 1.29 is 14.7 Å². The number of aromatic nitrogens is 4. The molecule has 1 aliphatic carbocycles. The van der Waals surface area contributed by atoms with Gasteiger partial charge >= 0.3 is 12.0 Å². The summed E-state index contributed by atoms with van der Waals surface area (Å²) in [6.45, 7) is 1.72. The van der Waals surface area contributed by atoms with Crippen LogP contribution in [0.4, 0.5) is 4.79 Å². The van der Waals surface area contributed by atoms with Gasteiger partial charge in [-0.15, -0.1) is 10.2 Å². The molecule has 0 radical (unpaired) electrons. The van der Waals surface area contributed by atoms with E-state index in [1.54, 1.807) is 6.92 Å². The fourth-order valence-corrected chi connectivity index (χ4v) is 2.25. The van der Waals surface area contributed by atoms with Gasteiger partial charge in [0.15, 0.2) is 5.82 Å². The van der Waals surface area contributed by atoms with Crippen LogP contribution in [0.25, 0.3) is 0 Å². The Kier molecular flexibility index (Phi) is 3.93. The van der Waals surface area contributed by atoms with E-state index >= 15 is 0 Å². The number of H-pyrrole nitrogens is 1. The van der Waals surface area contributed by atoms with Crippen molar-refractivity contribution in [2.75, 3.05) is 0 Å². The quantitative estimate of drug-likeness (QED) is 0.598. The number of carbonyl (C=O) groups is 2. The molecule has 9 nitrogen and oxygen atoms in total. The molecule has 1 aromatic heterocycles. The van der Waals surface area contributed by atoms with Crippen LogP contribution < -0.4 is 10.6 Å². The first kappa shape index (κ1) is 13.2. The third-order valence-electron chi connectivity index (χ3n) is 3.25. The van der Waals surface area contributed by atoms with Crippen LogP contribution in [0, 0.1) is 5.92 Å². The van der Waals surface area contributed by atoms with Crippen LogP contribution in [-0.2, 0) is 4.79 Å². The normalized spacial score (nSPS) is 23.8. The number of tetrazole rings is 1. The molecule has 1 heterocycles. The Bertz CT molecular complexity index is 448.